The van der Waals surface area contributed by atoms with Crippen LogP contribution in [0, 0.1) is 0 Å². The first-order valence-corrected chi connectivity index (χ1v) is 10.6. The summed E-state index contributed by atoms with van der Waals surface area (Å²) >= 11 is 0.725. The number of phenols is 1. The first-order chi connectivity index (χ1) is 15.8. The van der Waals surface area contributed by atoms with Crippen LogP contribution in [0.15, 0.2) is 54.6 Å². The van der Waals surface area contributed by atoms with Gasteiger partial charge in [0.1, 0.15) is 16.7 Å². The van der Waals surface area contributed by atoms with Crippen molar-refractivity contribution < 1.29 is 24.2 Å². The Morgan fingerprint density at radius 2 is 1.82 bits per heavy atom. The van der Waals surface area contributed by atoms with Crippen LogP contribution >= 0.6 is 11.5 Å². The number of amides is 3. The quantitative estimate of drug-likeness (QED) is 0.347. The van der Waals surface area contributed by atoms with Gasteiger partial charge in [-0.3, -0.25) is 19.3 Å². The second-order valence-electron chi connectivity index (χ2n) is 6.93. The molecule has 0 bridgehead atoms. The molecule has 6 N–H and O–H groups in total. The predicted octanol–water partition coefficient (Wildman–Crippen LogP) is 1.68. The van der Waals surface area contributed by atoms with Gasteiger partial charge in [-0.25, -0.2) is 0 Å². The van der Waals surface area contributed by atoms with E-state index in [0.29, 0.717) is 11.3 Å². The zero-order chi connectivity index (χ0) is 24.0. The highest BCUT2D eigenvalue weighted by molar-refractivity contribution is 7.09. The van der Waals surface area contributed by atoms with Gasteiger partial charge in [0.15, 0.2) is 5.69 Å². The van der Waals surface area contributed by atoms with E-state index in [1.807, 2.05) is 0 Å². The van der Waals surface area contributed by atoms with Crippen molar-refractivity contribution in [2.24, 2.45) is 5.73 Å². The molecule has 1 heterocycles. The van der Waals surface area contributed by atoms with E-state index in [9.17, 15) is 19.5 Å². The van der Waals surface area contributed by atoms with Gasteiger partial charge in [-0.05, 0) is 41.4 Å². The molecular formula is C22H23N5O5S. The number of primary amides is 1. The van der Waals surface area contributed by atoms with E-state index in [1.54, 1.807) is 42.5 Å². The molecule has 10 nitrogen and oxygen atoms in total. The van der Waals surface area contributed by atoms with Crippen molar-refractivity contribution in [3.8, 4) is 5.75 Å². The molecule has 0 aliphatic rings. The van der Waals surface area contributed by atoms with Gasteiger partial charge in [0.2, 0.25) is 5.91 Å². The normalized spacial score (nSPS) is 11.5. The number of hydrogen-bond acceptors (Lipinski definition) is 8. The maximum atomic E-state index is 13.7. The molecule has 0 fully saturated rings. The Balaban J connectivity index is 2.14. The van der Waals surface area contributed by atoms with E-state index in [0.717, 1.165) is 11.5 Å². The van der Waals surface area contributed by atoms with Gasteiger partial charge in [0, 0.05) is 19.3 Å². The van der Waals surface area contributed by atoms with E-state index < -0.39 is 23.8 Å². The number of rotatable bonds is 9. The molecule has 33 heavy (non-hydrogen) atoms. The number of ether oxygens (including phenoxy) is 1. The Morgan fingerprint density at radius 3 is 2.39 bits per heavy atom. The second kappa shape index (κ2) is 10.6. The second-order valence-corrected chi connectivity index (χ2v) is 7.70. The zero-order valence-electron chi connectivity index (χ0n) is 17.7. The van der Waals surface area contributed by atoms with Crippen LogP contribution in [0.2, 0.25) is 0 Å². The smallest absolute Gasteiger partial charge is 0.273 e. The van der Waals surface area contributed by atoms with Crippen LogP contribution in [0.5, 0.6) is 5.75 Å². The summed E-state index contributed by atoms with van der Waals surface area (Å²) < 4.78 is 8.91. The van der Waals surface area contributed by atoms with E-state index in [-0.39, 0.29) is 35.2 Å². The number of benzene rings is 2. The summed E-state index contributed by atoms with van der Waals surface area (Å²) in [4.78, 5) is 39.9. The number of methoxy groups -OCH3 is 1. The highest BCUT2D eigenvalue weighted by atomic mass is 32.1. The summed E-state index contributed by atoms with van der Waals surface area (Å²) in [6, 6.07) is 13.3. The first-order valence-electron chi connectivity index (χ1n) is 9.84. The highest BCUT2D eigenvalue weighted by Gasteiger charge is 2.35. The highest BCUT2D eigenvalue weighted by Crippen LogP contribution is 2.33. The Hall–Kier alpha value is -3.96. The van der Waals surface area contributed by atoms with Gasteiger partial charge in [-0.2, -0.15) is 4.37 Å². The summed E-state index contributed by atoms with van der Waals surface area (Å²) in [6.07, 6.45) is 0. The number of aromatic hydroxyl groups is 1. The largest absolute Gasteiger partial charge is 0.508 e. The molecule has 0 saturated heterocycles. The van der Waals surface area contributed by atoms with Crippen LogP contribution in [-0.4, -0.2) is 47.5 Å². The standard InChI is InChI=1S/C22H23N5O5S/c1-32-12-11-25-21(30)18(13-7-9-15(28)10-8-13)27(14-5-3-2-4-6-14)22(31)19-16(23)17(20(24)29)26-33-19/h2-10,18,28H,11-12,23H2,1H3,(H2,24,29)(H,25,30). The predicted molar refractivity (Wildman–Crippen MR) is 124 cm³/mol. The Morgan fingerprint density at radius 1 is 1.15 bits per heavy atom. The van der Waals surface area contributed by atoms with E-state index in [4.69, 9.17) is 16.2 Å². The molecule has 172 valence electrons. The van der Waals surface area contributed by atoms with Crippen molar-refractivity contribution in [3.05, 3.63) is 70.7 Å². The topological polar surface area (TPSA) is 161 Å². The lowest BCUT2D eigenvalue weighted by atomic mass is 10.0. The summed E-state index contributed by atoms with van der Waals surface area (Å²) in [5.74, 6) is -1.97. The number of carbonyl (C=O) groups excluding carboxylic acids is 3. The monoisotopic (exact) mass is 469 g/mol. The van der Waals surface area contributed by atoms with Crippen molar-refractivity contribution in [2.75, 3.05) is 30.9 Å². The number of hydrogen-bond donors (Lipinski definition) is 4. The van der Waals surface area contributed by atoms with Crippen LogP contribution in [0.25, 0.3) is 0 Å². The molecule has 1 atom stereocenters. The number of phenolic OH excluding ortho intramolecular Hbond substituents is 1. The molecule has 1 unspecified atom stereocenters. The van der Waals surface area contributed by atoms with Gasteiger partial charge in [0.05, 0.1) is 12.3 Å². The van der Waals surface area contributed by atoms with Gasteiger partial charge >= 0.3 is 0 Å². The van der Waals surface area contributed by atoms with E-state index in [1.165, 1.54) is 24.1 Å². The fourth-order valence-corrected chi connectivity index (χ4v) is 3.90. The third kappa shape index (κ3) is 5.27. The van der Waals surface area contributed by atoms with Crippen molar-refractivity contribution >= 4 is 40.6 Å². The minimum absolute atomic E-state index is 0.00711. The fourth-order valence-electron chi connectivity index (χ4n) is 3.16. The third-order valence-electron chi connectivity index (χ3n) is 4.73. The molecule has 3 aromatic rings. The molecule has 11 heteroatoms. The number of nitrogens with two attached hydrogens (primary N) is 2. The zero-order valence-corrected chi connectivity index (χ0v) is 18.5. The Kier molecular flexibility index (Phi) is 7.59. The number of nitrogens with one attached hydrogen (secondary N) is 1. The summed E-state index contributed by atoms with van der Waals surface area (Å²) in [6.45, 7) is 0.492. The third-order valence-corrected chi connectivity index (χ3v) is 5.58. The number of aromatic nitrogens is 1. The lowest BCUT2D eigenvalue weighted by Crippen LogP contribution is -2.44. The van der Waals surface area contributed by atoms with Gasteiger partial charge < -0.3 is 26.6 Å². The molecule has 0 aliphatic heterocycles. The number of para-hydroxylation sites is 1. The van der Waals surface area contributed by atoms with Gasteiger partial charge in [0.25, 0.3) is 11.8 Å². The minimum Gasteiger partial charge on any atom is -0.508 e. The van der Waals surface area contributed by atoms with E-state index in [2.05, 4.69) is 9.69 Å². The number of carbonyl (C=O) groups is 3. The number of nitrogens with zero attached hydrogens (tertiary/aromatic N) is 2. The van der Waals surface area contributed by atoms with Crippen LogP contribution < -0.4 is 21.7 Å². The van der Waals surface area contributed by atoms with Crippen molar-refractivity contribution in [1.82, 2.24) is 9.69 Å². The minimum atomic E-state index is -1.13. The van der Waals surface area contributed by atoms with Crippen molar-refractivity contribution in [3.63, 3.8) is 0 Å². The van der Waals surface area contributed by atoms with Crippen molar-refractivity contribution in [1.29, 1.82) is 0 Å². The summed E-state index contributed by atoms with van der Waals surface area (Å²) in [5, 5.41) is 12.5. The van der Waals surface area contributed by atoms with Crippen molar-refractivity contribution in [2.45, 2.75) is 6.04 Å². The van der Waals surface area contributed by atoms with E-state index >= 15 is 0 Å². The maximum Gasteiger partial charge on any atom is 0.273 e. The SMILES string of the molecule is COCCNC(=O)C(c1ccc(O)cc1)N(C(=O)c1snc(C(N)=O)c1N)c1ccccc1. The average molecular weight is 470 g/mol. The lowest BCUT2D eigenvalue weighted by Gasteiger charge is -2.31. The molecule has 2 aromatic carbocycles. The first kappa shape index (κ1) is 23.7. The van der Waals surface area contributed by atoms with Crippen LogP contribution in [-0.2, 0) is 9.53 Å². The van der Waals surface area contributed by atoms with Gasteiger partial charge in [-0.15, -0.1) is 0 Å². The van der Waals surface area contributed by atoms with Crippen LogP contribution in [0.1, 0.15) is 31.8 Å². The average Bonchev–Trinajstić information content (AvgIpc) is 3.20. The molecule has 0 spiro atoms. The lowest BCUT2D eigenvalue weighted by molar-refractivity contribution is -0.122. The van der Waals surface area contributed by atoms with Gasteiger partial charge in [-0.1, -0.05) is 30.3 Å². The molecule has 0 aliphatic carbocycles. The van der Waals surface area contributed by atoms with Crippen LogP contribution in [0.4, 0.5) is 11.4 Å². The maximum absolute atomic E-state index is 13.7. The molecule has 1 aromatic heterocycles. The molecular weight excluding hydrogens is 446 g/mol. The molecule has 0 saturated carbocycles. The fraction of sp³-hybridized carbons (Fsp3) is 0.182. The number of anilines is 2. The summed E-state index contributed by atoms with van der Waals surface area (Å²) in [5.41, 5.74) is 11.8. The Bertz CT molecular complexity index is 1130. The summed E-state index contributed by atoms with van der Waals surface area (Å²) in [7, 11) is 1.51. The molecule has 0 radical (unpaired) electrons. The molecule has 3 rings (SSSR count). The van der Waals surface area contributed by atoms with Crippen LogP contribution in [0.3, 0.4) is 0 Å². The Labute approximate surface area is 193 Å². The number of nitrogen functional groups attached to an aromatic ring is 1. The molecule has 3 amide bonds.